The fourth-order valence-electron chi connectivity index (χ4n) is 3.51. The lowest BCUT2D eigenvalue weighted by Crippen LogP contribution is -2.47. The Kier molecular flexibility index (Phi) is 4.98. The second-order valence-corrected chi connectivity index (χ2v) is 9.44. The molecule has 2 atom stereocenters. The summed E-state index contributed by atoms with van der Waals surface area (Å²) in [6, 6.07) is -1.67. The van der Waals surface area contributed by atoms with E-state index >= 15 is 0 Å². The molecule has 1 aromatic heterocycles. The van der Waals surface area contributed by atoms with Crippen LogP contribution in [0.2, 0.25) is 0 Å². The number of imidazole rings is 1. The largest absolute Gasteiger partial charge is 0.349 e. The first-order chi connectivity index (χ1) is 12.6. The van der Waals surface area contributed by atoms with Crippen LogP contribution in [0.25, 0.3) is 0 Å². The first-order valence-corrected chi connectivity index (χ1v) is 10.5. The third-order valence-corrected chi connectivity index (χ3v) is 6.49. The van der Waals surface area contributed by atoms with Crippen LogP contribution in [0, 0.1) is 0 Å². The van der Waals surface area contributed by atoms with Gasteiger partial charge in [0.2, 0.25) is 5.91 Å². The Hall–Kier alpha value is -2.43. The Balaban J connectivity index is 1.76. The lowest BCUT2D eigenvalue weighted by atomic mass is 10.1. The van der Waals surface area contributed by atoms with Gasteiger partial charge in [-0.25, -0.2) is 18.2 Å². The summed E-state index contributed by atoms with van der Waals surface area (Å²) in [7, 11) is -1.86. The van der Waals surface area contributed by atoms with Crippen molar-refractivity contribution in [1.29, 1.82) is 0 Å². The zero-order valence-electron chi connectivity index (χ0n) is 15.5. The molecule has 2 aliphatic rings. The van der Waals surface area contributed by atoms with Crippen molar-refractivity contribution in [2.24, 2.45) is 0 Å². The minimum atomic E-state index is -3.34. The van der Waals surface area contributed by atoms with E-state index in [1.807, 2.05) is 13.8 Å². The standard InChI is InChI=1S/C16H23N5O5S/c1-10(2)15-17-4-5-20(15)12-9-27(25,26)8-11(12)18-13(22)6-21-14(23)7-19(3)16(21)24/h4-5,10-12H,6-9H2,1-3H3,(H,18,22)/t11-,12-/m1/s1. The van der Waals surface area contributed by atoms with Crippen LogP contribution in [0.1, 0.15) is 31.6 Å². The molecule has 148 valence electrons. The van der Waals surface area contributed by atoms with Gasteiger partial charge in [-0.3, -0.25) is 14.5 Å². The van der Waals surface area contributed by atoms with Gasteiger partial charge in [-0.05, 0) is 0 Å². The molecule has 4 amide bonds. The SMILES string of the molecule is CC(C)c1nccn1[C@@H]1CS(=O)(=O)C[C@H]1NC(=O)CN1C(=O)CN(C)C1=O. The molecule has 0 radical (unpaired) electrons. The molecule has 10 nitrogen and oxygen atoms in total. The lowest BCUT2D eigenvalue weighted by molar-refractivity contribution is -0.131. The molecule has 1 N–H and O–H groups in total. The maximum atomic E-state index is 12.4. The number of nitrogens with zero attached hydrogens (tertiary/aromatic N) is 4. The molecular weight excluding hydrogens is 374 g/mol. The second kappa shape index (κ2) is 6.95. The summed E-state index contributed by atoms with van der Waals surface area (Å²) in [6.07, 6.45) is 3.32. The molecule has 1 aromatic rings. The molecule has 11 heteroatoms. The number of amides is 4. The lowest BCUT2D eigenvalue weighted by Gasteiger charge is -2.24. The number of nitrogens with one attached hydrogen (secondary N) is 1. The van der Waals surface area contributed by atoms with Crippen LogP contribution in [0.3, 0.4) is 0 Å². The average Bonchev–Trinajstić information content (AvgIpc) is 3.21. The molecule has 3 rings (SSSR count). The van der Waals surface area contributed by atoms with E-state index in [0.29, 0.717) is 0 Å². The van der Waals surface area contributed by atoms with Crippen molar-refractivity contribution < 1.29 is 22.8 Å². The minimum absolute atomic E-state index is 0.0701. The van der Waals surface area contributed by atoms with E-state index in [1.165, 1.54) is 11.9 Å². The van der Waals surface area contributed by atoms with Crippen molar-refractivity contribution in [3.8, 4) is 0 Å². The maximum absolute atomic E-state index is 12.4. The number of rotatable bonds is 5. The number of carbonyl (C=O) groups excluding carboxylic acids is 3. The molecule has 27 heavy (non-hydrogen) atoms. The first kappa shape index (κ1) is 19.3. The van der Waals surface area contributed by atoms with Crippen molar-refractivity contribution >= 4 is 27.7 Å². The molecule has 0 unspecified atom stereocenters. The van der Waals surface area contributed by atoms with Gasteiger partial charge < -0.3 is 14.8 Å². The van der Waals surface area contributed by atoms with Crippen LogP contribution in [0.15, 0.2) is 12.4 Å². The van der Waals surface area contributed by atoms with Gasteiger partial charge in [-0.2, -0.15) is 0 Å². The highest BCUT2D eigenvalue weighted by Crippen LogP contribution is 2.28. The molecule has 2 fully saturated rings. The molecule has 2 saturated heterocycles. The normalized spacial score (nSPS) is 24.9. The van der Waals surface area contributed by atoms with Crippen LogP contribution < -0.4 is 5.32 Å². The number of hydrogen-bond acceptors (Lipinski definition) is 6. The topological polar surface area (TPSA) is 122 Å². The summed E-state index contributed by atoms with van der Waals surface area (Å²) < 4.78 is 26.2. The Morgan fingerprint density at radius 1 is 1.33 bits per heavy atom. The highest BCUT2D eigenvalue weighted by atomic mass is 32.2. The van der Waals surface area contributed by atoms with Gasteiger partial charge in [0.25, 0.3) is 5.91 Å². The molecule has 0 saturated carbocycles. The van der Waals surface area contributed by atoms with E-state index in [2.05, 4.69) is 10.3 Å². The number of carbonyl (C=O) groups is 3. The molecule has 0 bridgehead atoms. The zero-order chi connectivity index (χ0) is 19.9. The molecule has 0 aliphatic carbocycles. The van der Waals surface area contributed by atoms with E-state index in [4.69, 9.17) is 0 Å². The van der Waals surface area contributed by atoms with Gasteiger partial charge in [0, 0.05) is 25.4 Å². The Morgan fingerprint density at radius 3 is 2.63 bits per heavy atom. The van der Waals surface area contributed by atoms with Gasteiger partial charge in [0.15, 0.2) is 9.84 Å². The van der Waals surface area contributed by atoms with Crippen LogP contribution >= 0.6 is 0 Å². The molecule has 0 spiro atoms. The summed E-state index contributed by atoms with van der Waals surface area (Å²) in [4.78, 5) is 42.5. The number of sulfone groups is 1. The van der Waals surface area contributed by atoms with Gasteiger partial charge in [-0.1, -0.05) is 13.8 Å². The number of likely N-dealkylation sites (N-methyl/N-ethyl adjacent to an activating group) is 1. The van der Waals surface area contributed by atoms with Crippen molar-refractivity contribution in [2.75, 3.05) is 31.6 Å². The Labute approximate surface area is 157 Å². The Bertz CT molecular complexity index is 878. The maximum Gasteiger partial charge on any atom is 0.327 e. The third-order valence-electron chi connectivity index (χ3n) is 4.77. The van der Waals surface area contributed by atoms with E-state index < -0.39 is 46.3 Å². The summed E-state index contributed by atoms with van der Waals surface area (Å²) in [5.74, 6) is -0.479. The monoisotopic (exact) mass is 397 g/mol. The highest BCUT2D eigenvalue weighted by molar-refractivity contribution is 7.91. The summed E-state index contributed by atoms with van der Waals surface area (Å²) in [6.45, 7) is 3.42. The molecule has 0 aromatic carbocycles. The van der Waals surface area contributed by atoms with Gasteiger partial charge >= 0.3 is 6.03 Å². The third kappa shape index (κ3) is 3.82. The van der Waals surface area contributed by atoms with Crippen LogP contribution in [-0.4, -0.2) is 83.3 Å². The van der Waals surface area contributed by atoms with Crippen LogP contribution in [0.5, 0.6) is 0 Å². The summed E-state index contributed by atoms with van der Waals surface area (Å²) in [5, 5.41) is 2.69. The van der Waals surface area contributed by atoms with Gasteiger partial charge in [0.1, 0.15) is 18.9 Å². The zero-order valence-corrected chi connectivity index (χ0v) is 16.3. The number of aromatic nitrogens is 2. The predicted octanol–water partition coefficient (Wildman–Crippen LogP) is -0.645. The van der Waals surface area contributed by atoms with Crippen molar-refractivity contribution in [3.63, 3.8) is 0 Å². The smallest absolute Gasteiger partial charge is 0.327 e. The highest BCUT2D eigenvalue weighted by Gasteiger charge is 2.41. The van der Waals surface area contributed by atoms with Gasteiger partial charge in [-0.15, -0.1) is 0 Å². The summed E-state index contributed by atoms with van der Waals surface area (Å²) in [5.41, 5.74) is 0. The van der Waals surface area contributed by atoms with E-state index in [1.54, 1.807) is 17.0 Å². The van der Waals surface area contributed by atoms with Crippen LogP contribution in [0.4, 0.5) is 4.79 Å². The fraction of sp³-hybridized carbons (Fsp3) is 0.625. The quantitative estimate of drug-likeness (QED) is 0.659. The number of imide groups is 1. The van der Waals surface area contributed by atoms with Gasteiger partial charge in [0.05, 0.1) is 23.6 Å². The van der Waals surface area contributed by atoms with Crippen molar-refractivity contribution in [3.05, 3.63) is 18.2 Å². The van der Waals surface area contributed by atoms with E-state index in [-0.39, 0.29) is 24.0 Å². The first-order valence-electron chi connectivity index (χ1n) is 8.67. The second-order valence-electron chi connectivity index (χ2n) is 7.28. The minimum Gasteiger partial charge on any atom is -0.349 e. The van der Waals surface area contributed by atoms with Crippen molar-refractivity contribution in [2.45, 2.75) is 31.8 Å². The molecular formula is C16H23N5O5S. The average molecular weight is 397 g/mol. The van der Waals surface area contributed by atoms with E-state index in [9.17, 15) is 22.8 Å². The van der Waals surface area contributed by atoms with E-state index in [0.717, 1.165) is 10.7 Å². The number of urea groups is 1. The summed E-state index contributed by atoms with van der Waals surface area (Å²) >= 11 is 0. The fourth-order valence-corrected chi connectivity index (χ4v) is 5.42. The number of hydrogen-bond donors (Lipinski definition) is 1. The molecule has 3 heterocycles. The van der Waals surface area contributed by atoms with Crippen molar-refractivity contribution in [1.82, 2.24) is 24.7 Å². The Morgan fingerprint density at radius 2 is 2.04 bits per heavy atom. The predicted molar refractivity (Wildman–Crippen MR) is 95.7 cm³/mol. The molecule has 2 aliphatic heterocycles. The van der Waals surface area contributed by atoms with Crippen LogP contribution in [-0.2, 0) is 19.4 Å².